The van der Waals surface area contributed by atoms with Gasteiger partial charge in [0.2, 0.25) is 5.91 Å². The Morgan fingerprint density at radius 3 is 2.80 bits per heavy atom. The van der Waals surface area contributed by atoms with E-state index in [2.05, 4.69) is 15.0 Å². The van der Waals surface area contributed by atoms with Gasteiger partial charge in [-0.2, -0.15) is 5.10 Å². The number of anilines is 1. The van der Waals surface area contributed by atoms with Crippen LogP contribution in [0.3, 0.4) is 0 Å². The molecule has 0 atom stereocenters. The number of phenols is 1. The third-order valence-electron chi connectivity index (χ3n) is 4.78. The Labute approximate surface area is 173 Å². The minimum absolute atomic E-state index is 0.0252. The molecule has 4 rings (SSSR count). The van der Waals surface area contributed by atoms with Gasteiger partial charge in [-0.25, -0.2) is 0 Å². The molecule has 0 saturated carbocycles. The van der Waals surface area contributed by atoms with Gasteiger partial charge in [-0.15, -0.1) is 0 Å². The van der Waals surface area contributed by atoms with E-state index < -0.39 is 0 Å². The third kappa shape index (κ3) is 4.05. The highest BCUT2D eigenvalue weighted by atomic mass is 16.5. The Morgan fingerprint density at radius 1 is 1.20 bits per heavy atom. The summed E-state index contributed by atoms with van der Waals surface area (Å²) >= 11 is 0. The minimum atomic E-state index is -0.261. The lowest BCUT2D eigenvalue weighted by Gasteiger charge is -2.09. The minimum Gasteiger partial charge on any atom is -0.504 e. The van der Waals surface area contributed by atoms with Crippen LogP contribution in [0.15, 0.2) is 67.0 Å². The third-order valence-corrected chi connectivity index (χ3v) is 4.78. The topological polar surface area (TPSA) is 81.3 Å². The molecule has 1 amide bonds. The van der Waals surface area contributed by atoms with Gasteiger partial charge in [0.25, 0.3) is 0 Å². The van der Waals surface area contributed by atoms with Crippen molar-refractivity contribution in [2.75, 3.05) is 12.4 Å². The lowest BCUT2D eigenvalue weighted by molar-refractivity contribution is -0.111. The fraction of sp³-hybridized carbons (Fsp3) is 0.130. The summed E-state index contributed by atoms with van der Waals surface area (Å²) in [6.07, 6.45) is 6.98. The Balaban J connectivity index is 1.55. The zero-order valence-corrected chi connectivity index (χ0v) is 16.7. The van der Waals surface area contributed by atoms with Crippen molar-refractivity contribution in [1.82, 2.24) is 14.3 Å². The first-order valence-corrected chi connectivity index (χ1v) is 9.46. The summed E-state index contributed by atoms with van der Waals surface area (Å²) in [5.74, 6) is 0.150. The van der Waals surface area contributed by atoms with Gasteiger partial charge in [-0.3, -0.25) is 9.48 Å². The zero-order chi connectivity index (χ0) is 21.1. The second kappa shape index (κ2) is 8.16. The largest absolute Gasteiger partial charge is 0.504 e. The van der Waals surface area contributed by atoms with Crippen molar-refractivity contribution in [3.63, 3.8) is 0 Å². The lowest BCUT2D eigenvalue weighted by atomic mass is 10.2. The highest BCUT2D eigenvalue weighted by Gasteiger charge is 2.10. The summed E-state index contributed by atoms with van der Waals surface area (Å²) in [5.41, 5.74) is 3.29. The number of aromatic nitrogens is 3. The molecule has 2 aromatic heterocycles. The monoisotopic (exact) mass is 402 g/mol. The molecule has 0 aliphatic heterocycles. The average molecular weight is 402 g/mol. The molecule has 0 radical (unpaired) electrons. The van der Waals surface area contributed by atoms with E-state index in [-0.39, 0.29) is 11.7 Å². The van der Waals surface area contributed by atoms with Crippen LogP contribution in [0.4, 0.5) is 5.69 Å². The molecule has 152 valence electrons. The number of hydrogen-bond acceptors (Lipinski definition) is 4. The molecule has 0 unspecified atom stereocenters. The molecule has 2 N–H and O–H groups in total. The lowest BCUT2D eigenvalue weighted by Crippen LogP contribution is -2.10. The molecule has 0 aliphatic rings. The van der Waals surface area contributed by atoms with Crippen molar-refractivity contribution in [1.29, 1.82) is 0 Å². The molecule has 30 heavy (non-hydrogen) atoms. The first-order valence-electron chi connectivity index (χ1n) is 9.46. The van der Waals surface area contributed by atoms with Gasteiger partial charge in [0, 0.05) is 30.9 Å². The molecule has 0 bridgehead atoms. The molecule has 2 heterocycles. The van der Waals surface area contributed by atoms with Gasteiger partial charge >= 0.3 is 0 Å². The van der Waals surface area contributed by atoms with E-state index in [1.807, 2.05) is 49.8 Å². The number of fused-ring (bicyclic) bond motifs is 1. The van der Waals surface area contributed by atoms with Gasteiger partial charge in [-0.05, 0) is 42.0 Å². The Hall–Kier alpha value is -4.00. The molecule has 4 aromatic rings. The summed E-state index contributed by atoms with van der Waals surface area (Å²) in [6.45, 7) is 0.609. The van der Waals surface area contributed by atoms with E-state index in [0.717, 1.165) is 22.3 Å². The van der Waals surface area contributed by atoms with Gasteiger partial charge in [0.05, 0.1) is 30.6 Å². The molecule has 0 saturated heterocycles. The standard InChI is InChI=1S/C23H22N4O3/c1-26-12-11-18(25-26)15-27-13-10-17-4-3-5-19(23(17)27)24-22(29)9-7-16-6-8-21(30-2)20(28)14-16/h3-14,28H,15H2,1-2H3,(H,24,29)/b9-7+. The molecule has 7 nitrogen and oxygen atoms in total. The molecule has 0 spiro atoms. The number of rotatable bonds is 6. The molecular formula is C23H22N4O3. The van der Waals surface area contributed by atoms with E-state index in [1.54, 1.807) is 29.0 Å². The number of methoxy groups -OCH3 is 1. The number of nitrogens with zero attached hydrogens (tertiary/aromatic N) is 3. The summed E-state index contributed by atoms with van der Waals surface area (Å²) in [7, 11) is 3.38. The summed E-state index contributed by atoms with van der Waals surface area (Å²) in [6, 6.07) is 14.7. The normalized spacial score (nSPS) is 11.3. The quantitative estimate of drug-likeness (QED) is 0.481. The van der Waals surface area contributed by atoms with Crippen LogP contribution in [0.2, 0.25) is 0 Å². The van der Waals surface area contributed by atoms with Crippen LogP contribution < -0.4 is 10.1 Å². The fourth-order valence-electron chi connectivity index (χ4n) is 3.37. The van der Waals surface area contributed by atoms with Crippen LogP contribution in [0.5, 0.6) is 11.5 Å². The first-order chi connectivity index (χ1) is 14.5. The van der Waals surface area contributed by atoms with E-state index in [9.17, 15) is 9.90 Å². The molecule has 2 aromatic carbocycles. The number of hydrogen-bond donors (Lipinski definition) is 2. The Bertz CT molecular complexity index is 1240. The molecule has 0 fully saturated rings. The predicted octanol–water partition coefficient (Wildman–Crippen LogP) is 3.79. The van der Waals surface area contributed by atoms with E-state index >= 15 is 0 Å². The van der Waals surface area contributed by atoms with Gasteiger partial charge in [0.15, 0.2) is 11.5 Å². The Morgan fingerprint density at radius 2 is 2.07 bits per heavy atom. The van der Waals surface area contributed by atoms with Crippen molar-refractivity contribution in [2.24, 2.45) is 7.05 Å². The van der Waals surface area contributed by atoms with Crippen LogP contribution in [-0.2, 0) is 18.4 Å². The number of nitrogens with one attached hydrogen (secondary N) is 1. The van der Waals surface area contributed by atoms with Crippen LogP contribution in [-0.4, -0.2) is 32.5 Å². The van der Waals surface area contributed by atoms with Crippen LogP contribution >= 0.6 is 0 Å². The number of ether oxygens (including phenoxy) is 1. The number of carbonyl (C=O) groups excluding carboxylic acids is 1. The maximum Gasteiger partial charge on any atom is 0.248 e. The maximum atomic E-state index is 12.5. The van der Waals surface area contributed by atoms with Crippen LogP contribution in [0, 0.1) is 0 Å². The summed E-state index contributed by atoms with van der Waals surface area (Å²) in [5, 5.41) is 18.3. The van der Waals surface area contributed by atoms with Crippen LogP contribution in [0.1, 0.15) is 11.3 Å². The smallest absolute Gasteiger partial charge is 0.248 e. The van der Waals surface area contributed by atoms with Crippen LogP contribution in [0.25, 0.3) is 17.0 Å². The average Bonchev–Trinajstić information content (AvgIpc) is 3.33. The number of aryl methyl sites for hydroxylation is 1. The first kappa shape index (κ1) is 19.3. The molecular weight excluding hydrogens is 380 g/mol. The predicted molar refractivity (Wildman–Crippen MR) is 117 cm³/mol. The highest BCUT2D eigenvalue weighted by Crippen LogP contribution is 2.27. The SMILES string of the molecule is COc1ccc(/C=C/C(=O)Nc2cccc3ccn(Cc4ccn(C)n4)c23)cc1O. The van der Waals surface area contributed by atoms with E-state index in [0.29, 0.717) is 17.9 Å². The van der Waals surface area contributed by atoms with Gasteiger partial charge in [-0.1, -0.05) is 18.2 Å². The van der Waals surface area contributed by atoms with Gasteiger partial charge in [0.1, 0.15) is 0 Å². The van der Waals surface area contributed by atoms with Crippen molar-refractivity contribution in [3.05, 3.63) is 78.3 Å². The summed E-state index contributed by atoms with van der Waals surface area (Å²) < 4.78 is 8.87. The fourth-order valence-corrected chi connectivity index (χ4v) is 3.37. The van der Waals surface area contributed by atoms with Gasteiger partial charge < -0.3 is 19.7 Å². The molecule has 0 aliphatic carbocycles. The maximum absolute atomic E-state index is 12.5. The van der Waals surface area contributed by atoms with Crippen molar-refractivity contribution in [2.45, 2.75) is 6.54 Å². The number of amides is 1. The second-order valence-electron chi connectivity index (χ2n) is 6.92. The summed E-state index contributed by atoms with van der Waals surface area (Å²) in [4.78, 5) is 12.5. The number of aromatic hydroxyl groups is 1. The van der Waals surface area contributed by atoms with E-state index in [4.69, 9.17) is 4.74 Å². The van der Waals surface area contributed by atoms with Crippen molar-refractivity contribution >= 4 is 28.6 Å². The highest BCUT2D eigenvalue weighted by molar-refractivity contribution is 6.06. The zero-order valence-electron chi connectivity index (χ0n) is 16.7. The van der Waals surface area contributed by atoms with E-state index in [1.165, 1.54) is 13.2 Å². The second-order valence-corrected chi connectivity index (χ2v) is 6.92. The molecule has 7 heteroatoms. The van der Waals surface area contributed by atoms with Crippen molar-refractivity contribution < 1.29 is 14.6 Å². The number of carbonyl (C=O) groups is 1. The Kier molecular flexibility index (Phi) is 5.26. The number of benzene rings is 2. The number of phenolic OH excluding ortho intramolecular Hbond substituents is 1. The number of para-hydroxylation sites is 1. The van der Waals surface area contributed by atoms with Crippen molar-refractivity contribution in [3.8, 4) is 11.5 Å².